The van der Waals surface area contributed by atoms with Gasteiger partial charge in [0.05, 0.1) is 11.4 Å². The number of hydrogen-bond donors (Lipinski definition) is 1. The summed E-state index contributed by atoms with van der Waals surface area (Å²) in [5.41, 5.74) is 1.49. The van der Waals surface area contributed by atoms with Crippen LogP contribution in [0.25, 0.3) is 5.69 Å². The highest BCUT2D eigenvalue weighted by molar-refractivity contribution is 7.99. The van der Waals surface area contributed by atoms with Gasteiger partial charge < -0.3 is 5.32 Å². The summed E-state index contributed by atoms with van der Waals surface area (Å²) in [5.74, 6) is -2.34. The van der Waals surface area contributed by atoms with Crippen LogP contribution in [0.4, 0.5) is 14.5 Å². The Hall–Kier alpha value is -3.00. The number of thioether (sulfide) groups is 1. The molecule has 3 rings (SSSR count). The molecular weight excluding hydrogens is 384 g/mol. The second-order valence-corrected chi connectivity index (χ2v) is 6.86. The van der Waals surface area contributed by atoms with E-state index < -0.39 is 17.2 Å². The molecule has 0 aliphatic heterocycles. The van der Waals surface area contributed by atoms with Gasteiger partial charge >= 0.3 is 0 Å². The Morgan fingerprint density at radius 3 is 2.57 bits per heavy atom. The van der Waals surface area contributed by atoms with Crippen molar-refractivity contribution in [3.05, 3.63) is 82.4 Å². The van der Waals surface area contributed by atoms with E-state index >= 15 is 0 Å². The van der Waals surface area contributed by atoms with Gasteiger partial charge in [0.2, 0.25) is 5.91 Å². The molecule has 1 aromatic heterocycles. The van der Waals surface area contributed by atoms with Crippen molar-refractivity contribution in [2.75, 3.05) is 11.1 Å². The first-order valence-electron chi connectivity index (χ1n) is 8.52. The molecule has 5 nitrogen and oxygen atoms in total. The first kappa shape index (κ1) is 19.8. The molecule has 0 aliphatic carbocycles. The van der Waals surface area contributed by atoms with Gasteiger partial charge in [-0.05, 0) is 36.2 Å². The average molecular weight is 401 g/mol. The monoisotopic (exact) mass is 401 g/mol. The fraction of sp³-hybridized carbons (Fsp3) is 0.150. The molecule has 0 saturated heterocycles. The largest absolute Gasteiger partial charge is 0.325 e. The molecule has 0 spiro atoms. The first-order chi connectivity index (χ1) is 13.5. The van der Waals surface area contributed by atoms with E-state index in [9.17, 15) is 18.4 Å². The summed E-state index contributed by atoms with van der Waals surface area (Å²) in [6, 6.07) is 10.7. The number of anilines is 1. The van der Waals surface area contributed by atoms with E-state index in [1.54, 1.807) is 0 Å². The van der Waals surface area contributed by atoms with Crippen molar-refractivity contribution in [1.29, 1.82) is 0 Å². The lowest BCUT2D eigenvalue weighted by atomic mass is 10.1. The minimum atomic E-state index is -1.05. The third-order valence-electron chi connectivity index (χ3n) is 3.98. The van der Waals surface area contributed by atoms with Crippen LogP contribution in [0.1, 0.15) is 12.5 Å². The highest BCUT2D eigenvalue weighted by Crippen LogP contribution is 2.15. The predicted octanol–water partition coefficient (Wildman–Crippen LogP) is 3.80. The second-order valence-electron chi connectivity index (χ2n) is 5.89. The average Bonchev–Trinajstić information content (AvgIpc) is 2.70. The van der Waals surface area contributed by atoms with Crippen molar-refractivity contribution in [2.24, 2.45) is 0 Å². The zero-order chi connectivity index (χ0) is 20.1. The Bertz CT molecular complexity index is 1050. The summed E-state index contributed by atoms with van der Waals surface area (Å²) in [5, 5.41) is 2.84. The molecule has 0 bridgehead atoms. The number of nitrogens with zero attached hydrogens (tertiary/aromatic N) is 2. The smallest absolute Gasteiger partial charge is 0.287 e. The Morgan fingerprint density at radius 2 is 1.89 bits per heavy atom. The zero-order valence-corrected chi connectivity index (χ0v) is 15.8. The van der Waals surface area contributed by atoms with Gasteiger partial charge in [0.1, 0.15) is 0 Å². The van der Waals surface area contributed by atoms with Crippen molar-refractivity contribution in [1.82, 2.24) is 9.55 Å². The fourth-order valence-corrected chi connectivity index (χ4v) is 3.18. The van der Waals surface area contributed by atoms with Crippen molar-refractivity contribution in [3.63, 3.8) is 0 Å². The summed E-state index contributed by atoms with van der Waals surface area (Å²) in [7, 11) is 0. The van der Waals surface area contributed by atoms with Crippen LogP contribution in [0.3, 0.4) is 0 Å². The molecule has 8 heteroatoms. The molecular formula is C20H17F2N3O2S. The summed E-state index contributed by atoms with van der Waals surface area (Å²) in [6.45, 7) is 2.05. The Kier molecular flexibility index (Phi) is 6.20. The number of rotatable bonds is 6. The van der Waals surface area contributed by atoms with Gasteiger partial charge in [-0.1, -0.05) is 30.8 Å². The molecule has 0 unspecified atom stereocenters. The molecule has 1 N–H and O–H groups in total. The van der Waals surface area contributed by atoms with Crippen LogP contribution in [-0.2, 0) is 11.2 Å². The van der Waals surface area contributed by atoms with Crippen molar-refractivity contribution >= 4 is 23.4 Å². The van der Waals surface area contributed by atoms with Crippen LogP contribution in [0.15, 0.2) is 64.7 Å². The second kappa shape index (κ2) is 8.79. The van der Waals surface area contributed by atoms with Gasteiger partial charge in [-0.3, -0.25) is 14.2 Å². The number of benzene rings is 2. The highest BCUT2D eigenvalue weighted by Gasteiger charge is 2.12. The topological polar surface area (TPSA) is 64.0 Å². The number of carbonyl (C=O) groups is 1. The highest BCUT2D eigenvalue weighted by atomic mass is 32.2. The molecule has 0 saturated carbocycles. The summed E-state index contributed by atoms with van der Waals surface area (Å²) < 4.78 is 27.7. The van der Waals surface area contributed by atoms with E-state index in [1.165, 1.54) is 24.0 Å². The van der Waals surface area contributed by atoms with Gasteiger partial charge in [0.25, 0.3) is 5.56 Å². The molecule has 3 aromatic rings. The summed E-state index contributed by atoms with van der Waals surface area (Å²) in [6.07, 6.45) is 3.63. The molecule has 0 atom stereocenters. The van der Waals surface area contributed by atoms with Crippen LogP contribution in [0.5, 0.6) is 0 Å². The number of aryl methyl sites for hydroxylation is 1. The van der Waals surface area contributed by atoms with Gasteiger partial charge in [-0.2, -0.15) is 0 Å². The lowest BCUT2D eigenvalue weighted by Gasteiger charge is -2.08. The number of aromatic nitrogens is 2. The Morgan fingerprint density at radius 1 is 1.14 bits per heavy atom. The van der Waals surface area contributed by atoms with E-state index in [-0.39, 0.29) is 22.4 Å². The lowest BCUT2D eigenvalue weighted by Crippen LogP contribution is -2.22. The van der Waals surface area contributed by atoms with Crippen LogP contribution in [0, 0.1) is 11.6 Å². The summed E-state index contributed by atoms with van der Waals surface area (Å²) >= 11 is 0.974. The molecule has 1 amide bonds. The third kappa shape index (κ3) is 4.64. The van der Waals surface area contributed by atoms with Gasteiger partial charge in [-0.25, -0.2) is 13.8 Å². The van der Waals surface area contributed by atoms with E-state index in [0.29, 0.717) is 5.69 Å². The summed E-state index contributed by atoms with van der Waals surface area (Å²) in [4.78, 5) is 28.7. The quantitative estimate of drug-likeness (QED) is 0.638. The van der Waals surface area contributed by atoms with Gasteiger partial charge in [-0.15, -0.1) is 0 Å². The Labute approximate surface area is 164 Å². The molecule has 2 aromatic carbocycles. The van der Waals surface area contributed by atoms with E-state index in [2.05, 4.69) is 10.3 Å². The molecule has 1 heterocycles. The first-order valence-corrected chi connectivity index (χ1v) is 9.51. The van der Waals surface area contributed by atoms with Gasteiger partial charge in [0.15, 0.2) is 16.7 Å². The minimum Gasteiger partial charge on any atom is -0.325 e. The number of nitrogens with one attached hydrogen (secondary N) is 1. The standard InChI is InChI=1S/C20H17F2N3O2S/c1-2-13-3-5-14(6-4-13)24-18(26)12-28-19-20(27)25(10-9-23-19)15-7-8-16(21)17(22)11-15/h3-11H,2,12H2,1H3,(H,24,26). The van der Waals surface area contributed by atoms with Crippen molar-refractivity contribution in [2.45, 2.75) is 18.4 Å². The SMILES string of the molecule is CCc1ccc(NC(=O)CSc2nccn(-c3ccc(F)c(F)c3)c2=O)cc1. The maximum absolute atomic E-state index is 13.4. The molecule has 0 fully saturated rings. The number of halogens is 2. The van der Waals surface area contributed by atoms with Crippen molar-refractivity contribution in [3.8, 4) is 5.69 Å². The number of amides is 1. The van der Waals surface area contributed by atoms with Crippen LogP contribution >= 0.6 is 11.8 Å². The minimum absolute atomic E-state index is 0.0143. The van der Waals surface area contributed by atoms with Gasteiger partial charge in [0, 0.05) is 24.1 Å². The third-order valence-corrected chi connectivity index (χ3v) is 4.94. The zero-order valence-electron chi connectivity index (χ0n) is 15.0. The Balaban J connectivity index is 1.69. The van der Waals surface area contributed by atoms with Crippen LogP contribution < -0.4 is 10.9 Å². The molecule has 28 heavy (non-hydrogen) atoms. The van der Waals surface area contributed by atoms with Crippen molar-refractivity contribution < 1.29 is 13.6 Å². The van der Waals surface area contributed by atoms with Crippen LogP contribution in [0.2, 0.25) is 0 Å². The molecule has 0 aliphatic rings. The van der Waals surface area contributed by atoms with E-state index in [0.717, 1.165) is 34.9 Å². The van der Waals surface area contributed by atoms with E-state index in [4.69, 9.17) is 0 Å². The lowest BCUT2D eigenvalue weighted by molar-refractivity contribution is -0.113. The molecule has 0 radical (unpaired) electrons. The fourth-order valence-electron chi connectivity index (χ4n) is 2.49. The maximum Gasteiger partial charge on any atom is 0.287 e. The maximum atomic E-state index is 13.4. The normalized spacial score (nSPS) is 10.7. The predicted molar refractivity (Wildman–Crippen MR) is 105 cm³/mol. The molecule has 144 valence electrons. The number of carbonyl (C=O) groups excluding carboxylic acids is 1. The number of hydrogen-bond acceptors (Lipinski definition) is 4. The van der Waals surface area contributed by atoms with Crippen LogP contribution in [-0.4, -0.2) is 21.2 Å². The van der Waals surface area contributed by atoms with E-state index in [1.807, 2.05) is 31.2 Å².